The van der Waals surface area contributed by atoms with E-state index in [0.717, 1.165) is 4.57 Å². The van der Waals surface area contributed by atoms with Crippen LogP contribution in [0.4, 0.5) is 9.18 Å². The SMILES string of the molecule is CC(C)c1cc(-c2n[nH]c(=O)n2-c2ccc(CN3CCN(C(=O)O)CC3)c(F)c2)c(O)cc1O. The van der Waals surface area contributed by atoms with Crippen molar-refractivity contribution < 1.29 is 24.5 Å². The highest BCUT2D eigenvalue weighted by Gasteiger charge is 2.23. The summed E-state index contributed by atoms with van der Waals surface area (Å²) in [4.78, 5) is 26.9. The molecule has 4 N–H and O–H groups in total. The molecule has 0 atom stereocenters. The Labute approximate surface area is 194 Å². The number of H-pyrrole nitrogens is 1. The molecule has 0 unspecified atom stereocenters. The number of carboxylic acid groups (broad SMARTS) is 1. The topological polar surface area (TPSA) is 135 Å². The highest BCUT2D eigenvalue weighted by Crippen LogP contribution is 2.37. The summed E-state index contributed by atoms with van der Waals surface area (Å²) in [6.07, 6.45) is -0.961. The van der Waals surface area contributed by atoms with E-state index in [9.17, 15) is 19.8 Å². The summed E-state index contributed by atoms with van der Waals surface area (Å²) in [6, 6.07) is 7.15. The van der Waals surface area contributed by atoms with E-state index in [4.69, 9.17) is 5.11 Å². The number of aromatic hydroxyl groups is 2. The van der Waals surface area contributed by atoms with Gasteiger partial charge in [0.1, 0.15) is 17.3 Å². The summed E-state index contributed by atoms with van der Waals surface area (Å²) in [7, 11) is 0. The van der Waals surface area contributed by atoms with Crippen LogP contribution in [0.25, 0.3) is 17.1 Å². The molecule has 0 saturated carbocycles. The first-order valence-electron chi connectivity index (χ1n) is 10.9. The van der Waals surface area contributed by atoms with Crippen molar-refractivity contribution in [3.8, 4) is 28.6 Å². The highest BCUT2D eigenvalue weighted by atomic mass is 19.1. The van der Waals surface area contributed by atoms with E-state index in [2.05, 4.69) is 10.2 Å². The maximum absolute atomic E-state index is 15.0. The van der Waals surface area contributed by atoms with E-state index in [0.29, 0.717) is 43.9 Å². The van der Waals surface area contributed by atoms with Crippen LogP contribution in [0.1, 0.15) is 30.9 Å². The number of halogens is 1. The van der Waals surface area contributed by atoms with Crippen LogP contribution < -0.4 is 5.69 Å². The van der Waals surface area contributed by atoms with Gasteiger partial charge in [-0.25, -0.2) is 23.6 Å². The summed E-state index contributed by atoms with van der Waals surface area (Å²) in [5.41, 5.74) is 0.829. The molecule has 1 saturated heterocycles. The molecule has 1 aromatic heterocycles. The van der Waals surface area contributed by atoms with Crippen LogP contribution >= 0.6 is 0 Å². The lowest BCUT2D eigenvalue weighted by Crippen LogP contribution is -2.47. The van der Waals surface area contributed by atoms with Gasteiger partial charge in [-0.15, -0.1) is 0 Å². The lowest BCUT2D eigenvalue weighted by Gasteiger charge is -2.33. The van der Waals surface area contributed by atoms with Crippen LogP contribution in [0.5, 0.6) is 11.5 Å². The molecule has 2 heterocycles. The predicted octanol–water partition coefficient (Wildman–Crippen LogP) is 2.70. The highest BCUT2D eigenvalue weighted by molar-refractivity contribution is 5.69. The fourth-order valence-corrected chi connectivity index (χ4v) is 4.09. The Kier molecular flexibility index (Phi) is 6.29. The van der Waals surface area contributed by atoms with Crippen LogP contribution in [0.3, 0.4) is 0 Å². The molecular formula is C23H26FN5O5. The van der Waals surface area contributed by atoms with Crippen molar-refractivity contribution >= 4 is 6.09 Å². The molecule has 0 aliphatic carbocycles. The number of aromatic nitrogens is 3. The van der Waals surface area contributed by atoms with Crippen LogP contribution in [-0.2, 0) is 6.54 Å². The molecule has 1 aliphatic heterocycles. The molecule has 0 spiro atoms. The summed E-state index contributed by atoms with van der Waals surface area (Å²) in [5, 5.41) is 36.0. The van der Waals surface area contributed by atoms with Crippen LogP contribution in [0, 0.1) is 5.82 Å². The Morgan fingerprint density at radius 2 is 1.82 bits per heavy atom. The second-order valence-corrected chi connectivity index (χ2v) is 8.59. The number of phenolic OH excluding ortho intramolecular Hbond substituents is 2. The number of aromatic amines is 1. The molecule has 10 nitrogen and oxygen atoms in total. The van der Waals surface area contributed by atoms with Crippen molar-refractivity contribution in [1.29, 1.82) is 0 Å². The van der Waals surface area contributed by atoms with Gasteiger partial charge in [-0.1, -0.05) is 19.9 Å². The molecule has 180 valence electrons. The van der Waals surface area contributed by atoms with Gasteiger partial charge in [0, 0.05) is 44.4 Å². The van der Waals surface area contributed by atoms with Crippen molar-refractivity contribution in [1.82, 2.24) is 24.6 Å². The summed E-state index contributed by atoms with van der Waals surface area (Å²) >= 11 is 0. The zero-order valence-corrected chi connectivity index (χ0v) is 18.8. The normalized spacial score (nSPS) is 14.6. The number of nitrogens with zero attached hydrogens (tertiary/aromatic N) is 4. The van der Waals surface area contributed by atoms with Gasteiger partial charge in [-0.2, -0.15) is 5.10 Å². The molecule has 34 heavy (non-hydrogen) atoms. The first-order chi connectivity index (χ1) is 16.2. The third-order valence-electron chi connectivity index (χ3n) is 6.01. The van der Waals surface area contributed by atoms with Crippen LogP contribution in [0.2, 0.25) is 0 Å². The third kappa shape index (κ3) is 4.46. The van der Waals surface area contributed by atoms with E-state index < -0.39 is 17.6 Å². The Bertz CT molecular complexity index is 1280. The number of hydrogen-bond acceptors (Lipinski definition) is 6. The molecule has 1 aliphatic rings. The third-order valence-corrected chi connectivity index (χ3v) is 6.01. The number of rotatable bonds is 5. The van der Waals surface area contributed by atoms with Gasteiger partial charge in [0.05, 0.1) is 11.3 Å². The van der Waals surface area contributed by atoms with Gasteiger partial charge in [0.15, 0.2) is 5.82 Å². The molecule has 0 bridgehead atoms. The first-order valence-corrected chi connectivity index (χ1v) is 10.9. The maximum Gasteiger partial charge on any atom is 0.407 e. The molecular weight excluding hydrogens is 445 g/mol. The minimum absolute atomic E-state index is 0.0486. The van der Waals surface area contributed by atoms with E-state index in [-0.39, 0.29) is 34.5 Å². The lowest BCUT2D eigenvalue weighted by molar-refractivity contribution is 0.102. The maximum atomic E-state index is 15.0. The molecule has 1 fully saturated rings. The molecule has 1 amide bonds. The van der Waals surface area contributed by atoms with E-state index in [1.54, 1.807) is 18.2 Å². The molecule has 2 aromatic carbocycles. The quantitative estimate of drug-likeness (QED) is 0.449. The summed E-state index contributed by atoms with van der Waals surface area (Å²) in [6.45, 7) is 5.78. The summed E-state index contributed by atoms with van der Waals surface area (Å²) < 4.78 is 16.2. The van der Waals surface area contributed by atoms with Gasteiger partial charge in [0.2, 0.25) is 0 Å². The van der Waals surface area contributed by atoms with E-state index >= 15 is 4.39 Å². The Balaban J connectivity index is 1.63. The standard InChI is InChI=1S/C23H26FN5O5/c1-13(2)16-10-17(20(31)11-19(16)30)21-25-26-22(32)29(21)15-4-3-14(18(24)9-15)12-27-5-7-28(8-6-27)23(33)34/h3-4,9-11,13,30-31H,5-8,12H2,1-2H3,(H,26,32)(H,33,34). The zero-order chi connectivity index (χ0) is 24.6. The number of hydrogen-bond donors (Lipinski definition) is 4. The molecule has 11 heteroatoms. The van der Waals surface area contributed by atoms with Crippen molar-refractivity contribution in [2.24, 2.45) is 0 Å². The number of piperazine rings is 1. The zero-order valence-electron chi connectivity index (χ0n) is 18.8. The van der Waals surface area contributed by atoms with Gasteiger partial charge in [-0.3, -0.25) is 4.90 Å². The average molecular weight is 471 g/mol. The Morgan fingerprint density at radius 3 is 2.44 bits per heavy atom. The minimum Gasteiger partial charge on any atom is -0.508 e. The molecule has 3 aromatic rings. The number of nitrogens with one attached hydrogen (secondary N) is 1. The number of carbonyl (C=O) groups is 1. The monoisotopic (exact) mass is 471 g/mol. The predicted molar refractivity (Wildman–Crippen MR) is 122 cm³/mol. The molecule has 0 radical (unpaired) electrons. The fourth-order valence-electron chi connectivity index (χ4n) is 4.09. The van der Waals surface area contributed by atoms with Gasteiger partial charge < -0.3 is 20.2 Å². The Morgan fingerprint density at radius 1 is 1.12 bits per heavy atom. The van der Waals surface area contributed by atoms with E-state index in [1.807, 2.05) is 18.7 Å². The lowest BCUT2D eigenvalue weighted by atomic mass is 9.98. The second kappa shape index (κ2) is 9.18. The second-order valence-electron chi connectivity index (χ2n) is 8.59. The summed E-state index contributed by atoms with van der Waals surface area (Å²) in [5.74, 6) is -0.816. The largest absolute Gasteiger partial charge is 0.508 e. The van der Waals surface area contributed by atoms with Crippen molar-refractivity contribution in [3.05, 3.63) is 57.8 Å². The smallest absolute Gasteiger partial charge is 0.407 e. The number of amides is 1. The van der Waals surface area contributed by atoms with Crippen LogP contribution in [-0.4, -0.2) is 72.2 Å². The van der Waals surface area contributed by atoms with Gasteiger partial charge in [0.25, 0.3) is 0 Å². The number of benzene rings is 2. The van der Waals surface area contributed by atoms with Gasteiger partial charge >= 0.3 is 11.8 Å². The molecule has 4 rings (SSSR count). The van der Waals surface area contributed by atoms with E-state index in [1.165, 1.54) is 17.0 Å². The van der Waals surface area contributed by atoms with Crippen molar-refractivity contribution in [3.63, 3.8) is 0 Å². The van der Waals surface area contributed by atoms with Crippen molar-refractivity contribution in [2.75, 3.05) is 26.2 Å². The van der Waals surface area contributed by atoms with Gasteiger partial charge in [-0.05, 0) is 29.7 Å². The van der Waals surface area contributed by atoms with Crippen LogP contribution in [0.15, 0.2) is 35.1 Å². The minimum atomic E-state index is -0.961. The number of phenols is 2. The first kappa shape index (κ1) is 23.3. The Hall–Kier alpha value is -3.86. The van der Waals surface area contributed by atoms with Crippen molar-refractivity contribution in [2.45, 2.75) is 26.3 Å². The fraction of sp³-hybridized carbons (Fsp3) is 0.348. The average Bonchev–Trinajstić information content (AvgIpc) is 3.16.